The van der Waals surface area contributed by atoms with Crippen molar-refractivity contribution in [2.75, 3.05) is 6.61 Å². The number of hydrogen-bond donors (Lipinski definition) is 1. The summed E-state index contributed by atoms with van der Waals surface area (Å²) >= 11 is 0. The third-order valence-corrected chi connectivity index (χ3v) is 0.464. The van der Waals surface area contributed by atoms with Crippen molar-refractivity contribution < 1.29 is 5.11 Å². The molecule has 0 atom stereocenters. The minimum Gasteiger partial charge on any atom is -0.392 e. The molecule has 0 fully saturated rings. The lowest BCUT2D eigenvalue weighted by molar-refractivity contribution is 0.343. The monoisotopic (exact) mass is 94.1 g/mol. The van der Waals surface area contributed by atoms with Crippen LogP contribution >= 0.6 is 0 Å². The predicted octanol–water partition coefficient (Wildman–Crippen LogP) is 0.217. The van der Waals surface area contributed by atoms with E-state index in [0.717, 1.165) is 0 Å². The Morgan fingerprint density at radius 1 is 1.43 bits per heavy atom. The molecule has 0 aromatic carbocycles. The van der Waals surface area contributed by atoms with Crippen molar-refractivity contribution in [1.82, 2.24) is 0 Å². The number of rotatable bonds is 2. The highest BCUT2D eigenvalue weighted by molar-refractivity contribution is 6.17. The Morgan fingerprint density at radius 3 is 2.57 bits per heavy atom. The maximum Gasteiger partial charge on any atom is 0.102 e. The van der Waals surface area contributed by atoms with Gasteiger partial charge in [-0.2, -0.15) is 0 Å². The van der Waals surface area contributed by atoms with E-state index < -0.39 is 0 Å². The first-order chi connectivity index (χ1) is 3.41. The fraction of sp³-hybridized carbons (Fsp3) is 0.200. The SMILES string of the molecule is [B]C=CC=CCO. The molecule has 0 aromatic rings. The highest BCUT2D eigenvalue weighted by atomic mass is 16.2. The maximum absolute atomic E-state index is 8.13. The summed E-state index contributed by atoms with van der Waals surface area (Å²) in [4.78, 5) is 0. The second-order valence-electron chi connectivity index (χ2n) is 0.996. The van der Waals surface area contributed by atoms with E-state index in [4.69, 9.17) is 13.0 Å². The van der Waals surface area contributed by atoms with E-state index in [0.29, 0.717) is 0 Å². The molecular weight excluding hydrogens is 86.9 g/mol. The Kier molecular flexibility index (Phi) is 5.12. The third-order valence-electron chi connectivity index (χ3n) is 0.464. The van der Waals surface area contributed by atoms with Crippen LogP contribution in [-0.4, -0.2) is 19.6 Å². The van der Waals surface area contributed by atoms with Crippen LogP contribution in [0.25, 0.3) is 0 Å². The van der Waals surface area contributed by atoms with E-state index in [1.54, 1.807) is 18.2 Å². The van der Waals surface area contributed by atoms with E-state index in [1.807, 2.05) is 0 Å². The highest BCUT2D eigenvalue weighted by Gasteiger charge is 1.58. The first-order valence-corrected chi connectivity index (χ1v) is 2.06. The van der Waals surface area contributed by atoms with Gasteiger partial charge in [-0.1, -0.05) is 18.2 Å². The van der Waals surface area contributed by atoms with Crippen LogP contribution in [0.15, 0.2) is 24.2 Å². The van der Waals surface area contributed by atoms with Crippen molar-refractivity contribution in [1.29, 1.82) is 0 Å². The zero-order valence-electron chi connectivity index (χ0n) is 4.04. The summed E-state index contributed by atoms with van der Waals surface area (Å²) in [6.45, 7) is 0.0737. The molecule has 0 saturated carbocycles. The molecule has 0 unspecified atom stereocenters. The number of hydrogen-bond acceptors (Lipinski definition) is 1. The smallest absolute Gasteiger partial charge is 0.102 e. The van der Waals surface area contributed by atoms with Gasteiger partial charge in [0.05, 0.1) is 6.61 Å². The molecular formula is C5H7BO. The fourth-order valence-electron chi connectivity index (χ4n) is 0.204. The summed E-state index contributed by atoms with van der Waals surface area (Å²) < 4.78 is 0. The second-order valence-corrected chi connectivity index (χ2v) is 0.996. The summed E-state index contributed by atoms with van der Waals surface area (Å²) in [7, 11) is 4.96. The largest absolute Gasteiger partial charge is 0.392 e. The molecule has 0 bridgehead atoms. The van der Waals surface area contributed by atoms with Crippen molar-refractivity contribution in [2.24, 2.45) is 0 Å². The fourth-order valence-corrected chi connectivity index (χ4v) is 0.204. The average molecular weight is 93.9 g/mol. The molecule has 2 radical (unpaired) electrons. The number of aliphatic hydroxyl groups is 1. The van der Waals surface area contributed by atoms with Gasteiger partial charge in [0.1, 0.15) is 7.85 Å². The van der Waals surface area contributed by atoms with Crippen LogP contribution in [0, 0.1) is 0 Å². The lowest BCUT2D eigenvalue weighted by atomic mass is 10.1. The molecule has 0 saturated heterocycles. The van der Waals surface area contributed by atoms with Gasteiger partial charge >= 0.3 is 0 Å². The molecule has 2 heteroatoms. The Bertz CT molecular complexity index is 76.1. The summed E-state index contributed by atoms with van der Waals surface area (Å²) in [5.74, 6) is 1.41. The summed E-state index contributed by atoms with van der Waals surface area (Å²) in [5.41, 5.74) is 0. The number of allylic oxidation sites excluding steroid dienone is 2. The minimum absolute atomic E-state index is 0.0737. The molecule has 36 valence electrons. The molecule has 0 spiro atoms. The highest BCUT2D eigenvalue weighted by Crippen LogP contribution is 1.70. The summed E-state index contributed by atoms with van der Waals surface area (Å²) in [6.07, 6.45) is 4.93. The van der Waals surface area contributed by atoms with Crippen LogP contribution in [0.5, 0.6) is 0 Å². The van der Waals surface area contributed by atoms with Crippen LogP contribution in [0.2, 0.25) is 0 Å². The van der Waals surface area contributed by atoms with Crippen molar-refractivity contribution in [3.05, 3.63) is 24.2 Å². The Hall–Kier alpha value is -0.495. The van der Waals surface area contributed by atoms with Crippen LogP contribution in [-0.2, 0) is 0 Å². The Balaban J connectivity index is 3.09. The van der Waals surface area contributed by atoms with E-state index >= 15 is 0 Å². The van der Waals surface area contributed by atoms with Gasteiger partial charge in [-0.15, -0.1) is 5.98 Å². The molecule has 0 aliphatic carbocycles. The molecule has 0 aromatic heterocycles. The molecule has 0 aliphatic heterocycles. The second kappa shape index (κ2) is 5.50. The molecule has 0 heterocycles. The van der Waals surface area contributed by atoms with Crippen LogP contribution in [0.1, 0.15) is 0 Å². The summed E-state index contributed by atoms with van der Waals surface area (Å²) in [5, 5.41) is 8.13. The van der Waals surface area contributed by atoms with Gasteiger partial charge in [0, 0.05) is 0 Å². The number of aliphatic hydroxyl groups excluding tert-OH is 1. The van der Waals surface area contributed by atoms with Gasteiger partial charge < -0.3 is 5.11 Å². The molecule has 0 rings (SSSR count). The lowest BCUT2D eigenvalue weighted by Crippen LogP contribution is -1.67. The predicted molar refractivity (Wildman–Crippen MR) is 31.1 cm³/mol. The Labute approximate surface area is 44.8 Å². The van der Waals surface area contributed by atoms with Crippen molar-refractivity contribution in [3.63, 3.8) is 0 Å². The quantitative estimate of drug-likeness (QED) is 0.383. The van der Waals surface area contributed by atoms with Gasteiger partial charge in [-0.05, 0) is 0 Å². The topological polar surface area (TPSA) is 20.2 Å². The van der Waals surface area contributed by atoms with Crippen LogP contribution in [0.4, 0.5) is 0 Å². The van der Waals surface area contributed by atoms with E-state index in [2.05, 4.69) is 0 Å². The molecule has 7 heavy (non-hydrogen) atoms. The van der Waals surface area contributed by atoms with Gasteiger partial charge in [0.15, 0.2) is 0 Å². The molecule has 0 aliphatic rings. The van der Waals surface area contributed by atoms with Gasteiger partial charge in [0.25, 0.3) is 0 Å². The van der Waals surface area contributed by atoms with Crippen LogP contribution in [0.3, 0.4) is 0 Å². The Morgan fingerprint density at radius 2 is 2.14 bits per heavy atom. The van der Waals surface area contributed by atoms with Gasteiger partial charge in [0.2, 0.25) is 0 Å². The average Bonchev–Trinajstić information content (AvgIpc) is 1.69. The van der Waals surface area contributed by atoms with E-state index in [-0.39, 0.29) is 6.61 Å². The van der Waals surface area contributed by atoms with Gasteiger partial charge in [-0.25, -0.2) is 0 Å². The normalized spacial score (nSPS) is 11.6. The van der Waals surface area contributed by atoms with Gasteiger partial charge in [-0.3, -0.25) is 0 Å². The van der Waals surface area contributed by atoms with E-state index in [9.17, 15) is 0 Å². The lowest BCUT2D eigenvalue weighted by Gasteiger charge is -1.71. The summed E-state index contributed by atoms with van der Waals surface area (Å²) in [6, 6.07) is 0. The van der Waals surface area contributed by atoms with E-state index in [1.165, 1.54) is 5.98 Å². The molecule has 0 amide bonds. The molecule has 1 N–H and O–H groups in total. The zero-order valence-corrected chi connectivity index (χ0v) is 4.04. The maximum atomic E-state index is 8.13. The first kappa shape index (κ1) is 6.50. The van der Waals surface area contributed by atoms with Crippen LogP contribution < -0.4 is 0 Å². The molecule has 1 nitrogen and oxygen atoms in total. The third kappa shape index (κ3) is 5.50. The van der Waals surface area contributed by atoms with Crippen molar-refractivity contribution >= 4 is 7.85 Å². The van der Waals surface area contributed by atoms with Crippen molar-refractivity contribution in [3.8, 4) is 0 Å². The standard InChI is InChI=1S/C5H7BO/c6-4-2-1-3-5-7/h1-4,7H,5H2. The first-order valence-electron chi connectivity index (χ1n) is 2.06. The zero-order chi connectivity index (χ0) is 5.54. The minimum atomic E-state index is 0.0737. The van der Waals surface area contributed by atoms with Crippen molar-refractivity contribution in [2.45, 2.75) is 0 Å².